The van der Waals surface area contributed by atoms with Gasteiger partial charge in [-0.3, -0.25) is 0 Å². The van der Waals surface area contributed by atoms with Gasteiger partial charge in [-0.15, -0.1) is 11.3 Å². The molecular formula is C8H6BFO3S. The van der Waals surface area contributed by atoms with Crippen LogP contribution in [0, 0.1) is 5.82 Å². The minimum atomic E-state index is -1.72. The highest BCUT2D eigenvalue weighted by Crippen LogP contribution is 2.30. The number of thiophene rings is 1. The second-order valence-corrected chi connectivity index (χ2v) is 3.72. The van der Waals surface area contributed by atoms with E-state index >= 15 is 0 Å². The lowest BCUT2D eigenvalue weighted by Crippen LogP contribution is -2.29. The van der Waals surface area contributed by atoms with Crippen molar-refractivity contribution in [3.05, 3.63) is 23.3 Å². The lowest BCUT2D eigenvalue weighted by molar-refractivity contribution is 0.426. The van der Waals surface area contributed by atoms with Gasteiger partial charge in [0.25, 0.3) is 0 Å². The Morgan fingerprint density at radius 1 is 1.29 bits per heavy atom. The zero-order chi connectivity index (χ0) is 10.3. The second-order valence-electron chi connectivity index (χ2n) is 2.84. The van der Waals surface area contributed by atoms with E-state index in [0.717, 1.165) is 17.4 Å². The molecule has 1 aromatic heterocycles. The first kappa shape index (κ1) is 9.45. The molecular weight excluding hydrogens is 206 g/mol. The summed E-state index contributed by atoms with van der Waals surface area (Å²) in [5.41, 5.74) is 0.0819. The van der Waals surface area contributed by atoms with Gasteiger partial charge in [-0.25, -0.2) is 4.39 Å². The number of phenols is 1. The third kappa shape index (κ3) is 1.28. The standard InChI is InChI=1S/C8H6BFO3S/c10-5-1-2-6(11)8-7(5)4(3-14-8)9(12)13/h1-3,11-13H. The predicted molar refractivity (Wildman–Crippen MR) is 53.3 cm³/mol. The average molecular weight is 212 g/mol. The number of hydrogen-bond donors (Lipinski definition) is 3. The molecule has 0 aliphatic rings. The topological polar surface area (TPSA) is 60.7 Å². The van der Waals surface area contributed by atoms with Gasteiger partial charge in [0, 0.05) is 10.8 Å². The minimum Gasteiger partial charge on any atom is -0.506 e. The van der Waals surface area contributed by atoms with Gasteiger partial charge >= 0.3 is 7.12 Å². The molecule has 0 aliphatic carbocycles. The molecule has 1 aromatic carbocycles. The highest BCUT2D eigenvalue weighted by molar-refractivity contribution is 7.19. The average Bonchev–Trinajstić information content (AvgIpc) is 2.56. The van der Waals surface area contributed by atoms with E-state index in [2.05, 4.69) is 0 Å². The van der Waals surface area contributed by atoms with Crippen molar-refractivity contribution in [2.75, 3.05) is 0 Å². The van der Waals surface area contributed by atoms with Crippen LogP contribution in [0.5, 0.6) is 5.75 Å². The number of rotatable bonds is 1. The molecule has 72 valence electrons. The first-order valence-electron chi connectivity index (χ1n) is 3.86. The van der Waals surface area contributed by atoms with Crippen LogP contribution >= 0.6 is 11.3 Å². The molecule has 0 saturated carbocycles. The normalized spacial score (nSPS) is 10.8. The minimum absolute atomic E-state index is 0.0571. The van der Waals surface area contributed by atoms with Gasteiger partial charge in [0.1, 0.15) is 11.6 Å². The second kappa shape index (κ2) is 3.23. The van der Waals surface area contributed by atoms with E-state index in [9.17, 15) is 9.50 Å². The summed E-state index contributed by atoms with van der Waals surface area (Å²) in [6.45, 7) is 0. The number of halogens is 1. The summed E-state index contributed by atoms with van der Waals surface area (Å²) < 4.78 is 13.6. The lowest BCUT2D eigenvalue weighted by Gasteiger charge is -1.99. The fourth-order valence-corrected chi connectivity index (χ4v) is 2.31. The molecule has 0 unspecified atom stereocenters. The van der Waals surface area contributed by atoms with Gasteiger partial charge in [-0.2, -0.15) is 0 Å². The van der Waals surface area contributed by atoms with Crippen LogP contribution in [0.4, 0.5) is 4.39 Å². The number of hydrogen-bond acceptors (Lipinski definition) is 4. The van der Waals surface area contributed by atoms with E-state index in [-0.39, 0.29) is 16.6 Å². The molecule has 1 heterocycles. The Hall–Kier alpha value is -1.11. The van der Waals surface area contributed by atoms with Gasteiger partial charge in [0.05, 0.1) is 4.70 Å². The van der Waals surface area contributed by atoms with Crippen LogP contribution in [-0.4, -0.2) is 22.3 Å². The smallest absolute Gasteiger partial charge is 0.490 e. The summed E-state index contributed by atoms with van der Waals surface area (Å²) in [7, 11) is -1.72. The Bertz CT molecular complexity index is 483. The van der Waals surface area contributed by atoms with Crippen molar-refractivity contribution in [3.8, 4) is 5.75 Å². The summed E-state index contributed by atoms with van der Waals surface area (Å²) >= 11 is 1.07. The first-order valence-corrected chi connectivity index (χ1v) is 4.74. The Labute approximate surface area is 83.2 Å². The predicted octanol–water partition coefficient (Wildman–Crippen LogP) is 0.426. The Morgan fingerprint density at radius 3 is 2.64 bits per heavy atom. The molecule has 0 aliphatic heterocycles. The molecule has 2 rings (SSSR count). The molecule has 0 fully saturated rings. The summed E-state index contributed by atoms with van der Waals surface area (Å²) in [4.78, 5) is 0. The maximum atomic E-state index is 13.3. The zero-order valence-electron chi connectivity index (χ0n) is 6.94. The van der Waals surface area contributed by atoms with Crippen LogP contribution in [-0.2, 0) is 0 Å². The van der Waals surface area contributed by atoms with Crippen LogP contribution in [0.1, 0.15) is 0 Å². The van der Waals surface area contributed by atoms with Crippen LogP contribution in [0.3, 0.4) is 0 Å². The molecule has 0 atom stereocenters. The number of fused-ring (bicyclic) bond motifs is 1. The number of phenolic OH excluding ortho intramolecular Hbond substituents is 1. The molecule has 0 saturated heterocycles. The van der Waals surface area contributed by atoms with E-state index in [0.29, 0.717) is 4.70 Å². The fraction of sp³-hybridized carbons (Fsp3) is 0. The third-order valence-corrected chi connectivity index (χ3v) is 2.98. The van der Waals surface area contributed by atoms with Crippen LogP contribution in [0.25, 0.3) is 10.1 Å². The Balaban J connectivity index is 2.84. The van der Waals surface area contributed by atoms with E-state index in [4.69, 9.17) is 10.0 Å². The Morgan fingerprint density at radius 2 is 2.00 bits per heavy atom. The first-order chi connectivity index (χ1) is 6.61. The third-order valence-electron chi connectivity index (χ3n) is 1.96. The Kier molecular flexibility index (Phi) is 2.18. The highest BCUT2D eigenvalue weighted by atomic mass is 32.1. The van der Waals surface area contributed by atoms with E-state index in [1.54, 1.807) is 0 Å². The molecule has 6 heteroatoms. The quantitative estimate of drug-likeness (QED) is 0.600. The maximum Gasteiger partial charge on any atom is 0.490 e. The monoisotopic (exact) mass is 212 g/mol. The highest BCUT2D eigenvalue weighted by Gasteiger charge is 2.20. The van der Waals surface area contributed by atoms with Crippen molar-refractivity contribution in [2.24, 2.45) is 0 Å². The van der Waals surface area contributed by atoms with Crippen molar-refractivity contribution < 1.29 is 19.5 Å². The van der Waals surface area contributed by atoms with Gasteiger partial charge in [0.15, 0.2) is 0 Å². The van der Waals surface area contributed by atoms with Crippen molar-refractivity contribution in [1.82, 2.24) is 0 Å². The molecule has 0 bridgehead atoms. The molecule has 2 aromatic rings. The van der Waals surface area contributed by atoms with Gasteiger partial charge in [-0.05, 0) is 17.5 Å². The van der Waals surface area contributed by atoms with Crippen molar-refractivity contribution >= 4 is 34.0 Å². The van der Waals surface area contributed by atoms with E-state index in [1.165, 1.54) is 11.4 Å². The van der Waals surface area contributed by atoms with Gasteiger partial charge in [0.2, 0.25) is 0 Å². The molecule has 0 radical (unpaired) electrons. The van der Waals surface area contributed by atoms with Crippen molar-refractivity contribution in [1.29, 1.82) is 0 Å². The molecule has 0 amide bonds. The van der Waals surface area contributed by atoms with Crippen LogP contribution < -0.4 is 5.46 Å². The maximum absolute atomic E-state index is 13.3. The summed E-state index contributed by atoms with van der Waals surface area (Å²) in [5, 5.41) is 28.7. The van der Waals surface area contributed by atoms with E-state index in [1.807, 2.05) is 0 Å². The van der Waals surface area contributed by atoms with Crippen molar-refractivity contribution in [2.45, 2.75) is 0 Å². The van der Waals surface area contributed by atoms with E-state index < -0.39 is 12.9 Å². The molecule has 14 heavy (non-hydrogen) atoms. The van der Waals surface area contributed by atoms with Crippen molar-refractivity contribution in [3.63, 3.8) is 0 Å². The fourth-order valence-electron chi connectivity index (χ4n) is 1.31. The number of aromatic hydroxyl groups is 1. The lowest BCUT2D eigenvalue weighted by atomic mass is 9.80. The molecule has 0 spiro atoms. The van der Waals surface area contributed by atoms with Gasteiger partial charge < -0.3 is 15.2 Å². The number of benzene rings is 1. The largest absolute Gasteiger partial charge is 0.506 e. The van der Waals surface area contributed by atoms with Crippen LogP contribution in [0.2, 0.25) is 0 Å². The molecule has 3 N–H and O–H groups in total. The summed E-state index contributed by atoms with van der Waals surface area (Å²) in [6, 6.07) is 2.33. The summed E-state index contributed by atoms with van der Waals surface area (Å²) in [5.74, 6) is -0.625. The van der Waals surface area contributed by atoms with Gasteiger partial charge in [-0.1, -0.05) is 0 Å². The van der Waals surface area contributed by atoms with Crippen LogP contribution in [0.15, 0.2) is 17.5 Å². The summed E-state index contributed by atoms with van der Waals surface area (Å²) in [6.07, 6.45) is 0. The zero-order valence-corrected chi connectivity index (χ0v) is 7.75. The molecule has 3 nitrogen and oxygen atoms in total. The SMILES string of the molecule is OB(O)c1csc2c(O)ccc(F)c12.